The highest BCUT2D eigenvalue weighted by molar-refractivity contribution is 14.1. The Morgan fingerprint density at radius 1 is 1.36 bits per heavy atom. The number of hydrogen-bond donors (Lipinski definition) is 0. The molecule has 1 rings (SSSR count). The van der Waals surface area contributed by atoms with Gasteiger partial charge in [0.2, 0.25) is 0 Å². The highest BCUT2D eigenvalue weighted by Crippen LogP contribution is 2.13. The number of rotatable bonds is 4. The summed E-state index contributed by atoms with van der Waals surface area (Å²) in [4.78, 5) is 0. The van der Waals surface area contributed by atoms with Crippen molar-refractivity contribution in [1.29, 1.82) is 0 Å². The van der Waals surface area contributed by atoms with E-state index in [2.05, 4.69) is 88.1 Å². The summed E-state index contributed by atoms with van der Waals surface area (Å²) in [6.45, 7) is 4.56. The van der Waals surface area contributed by atoms with Gasteiger partial charge in [0.1, 0.15) is 0 Å². The molecular formula is C11H16I2N+. The van der Waals surface area contributed by atoms with Gasteiger partial charge in [-0.25, -0.2) is 4.57 Å². The Morgan fingerprint density at radius 3 is 2.64 bits per heavy atom. The maximum absolute atomic E-state index is 2.49. The van der Waals surface area contributed by atoms with Crippen LogP contribution in [0.2, 0.25) is 0 Å². The molecular weight excluding hydrogens is 400 g/mol. The van der Waals surface area contributed by atoms with E-state index in [-0.39, 0.29) is 0 Å². The van der Waals surface area contributed by atoms with E-state index in [0.717, 1.165) is 3.92 Å². The van der Waals surface area contributed by atoms with Gasteiger partial charge >= 0.3 is 0 Å². The average Bonchev–Trinajstić information content (AvgIpc) is 2.14. The van der Waals surface area contributed by atoms with Crippen LogP contribution in [0.5, 0.6) is 0 Å². The molecule has 0 aliphatic rings. The Balaban J connectivity index is 2.56. The van der Waals surface area contributed by atoms with Crippen LogP contribution in [0.15, 0.2) is 24.5 Å². The third-order valence-corrected chi connectivity index (χ3v) is 3.54. The topological polar surface area (TPSA) is 3.88 Å². The van der Waals surface area contributed by atoms with E-state index in [4.69, 9.17) is 0 Å². The third-order valence-electron chi connectivity index (χ3n) is 2.28. The lowest BCUT2D eigenvalue weighted by Gasteiger charge is -2.08. The highest BCUT2D eigenvalue weighted by Gasteiger charge is 2.12. The number of nitrogens with zero attached hydrogens (tertiary/aromatic N) is 1. The molecule has 3 heteroatoms. The van der Waals surface area contributed by atoms with Crippen molar-refractivity contribution in [2.45, 2.75) is 36.7 Å². The van der Waals surface area contributed by atoms with E-state index in [1.54, 1.807) is 0 Å². The highest BCUT2D eigenvalue weighted by atomic mass is 127. The van der Waals surface area contributed by atoms with E-state index in [1.165, 1.54) is 16.4 Å². The predicted molar refractivity (Wildman–Crippen MR) is 76.8 cm³/mol. The molecule has 0 saturated carbocycles. The summed E-state index contributed by atoms with van der Waals surface area (Å²) in [5.41, 5.74) is 0. The second-order valence-corrected chi connectivity index (χ2v) is 7.05. The number of halogens is 2. The van der Waals surface area contributed by atoms with Crippen LogP contribution in [0.25, 0.3) is 0 Å². The zero-order chi connectivity index (χ0) is 10.6. The van der Waals surface area contributed by atoms with Crippen molar-refractivity contribution < 1.29 is 4.57 Å². The first-order valence-corrected chi connectivity index (χ1v) is 7.22. The molecule has 0 aliphatic heterocycles. The van der Waals surface area contributed by atoms with Gasteiger partial charge < -0.3 is 0 Å². The minimum atomic E-state index is 0.613. The lowest BCUT2D eigenvalue weighted by molar-refractivity contribution is -0.721. The Labute approximate surface area is 114 Å². The zero-order valence-electron chi connectivity index (χ0n) is 8.58. The van der Waals surface area contributed by atoms with Crippen LogP contribution in [0.4, 0.5) is 0 Å². The average molecular weight is 416 g/mol. The van der Waals surface area contributed by atoms with Gasteiger partial charge in [0.15, 0.2) is 18.4 Å². The molecule has 0 fully saturated rings. The second kappa shape index (κ2) is 6.25. The van der Waals surface area contributed by atoms with Crippen molar-refractivity contribution in [1.82, 2.24) is 0 Å². The van der Waals surface area contributed by atoms with Crippen molar-refractivity contribution in [2.75, 3.05) is 0 Å². The van der Waals surface area contributed by atoms with Gasteiger partial charge in [-0.05, 0) is 42.0 Å². The van der Waals surface area contributed by atoms with Gasteiger partial charge in [-0.2, -0.15) is 0 Å². The molecule has 1 aromatic rings. The van der Waals surface area contributed by atoms with E-state index in [1.807, 2.05) is 0 Å². The third kappa shape index (κ3) is 4.42. The molecule has 0 saturated heterocycles. The predicted octanol–water partition coefficient (Wildman–Crippen LogP) is 3.74. The van der Waals surface area contributed by atoms with Crippen LogP contribution in [0, 0.1) is 3.57 Å². The maximum Gasteiger partial charge on any atom is 0.182 e. The quantitative estimate of drug-likeness (QED) is 0.400. The Bertz CT molecular complexity index is 286. The molecule has 0 aromatic carbocycles. The van der Waals surface area contributed by atoms with Crippen LogP contribution < -0.4 is 4.57 Å². The molecule has 0 N–H and O–H groups in total. The largest absolute Gasteiger partial charge is 0.202 e. The molecule has 0 aliphatic carbocycles. The van der Waals surface area contributed by atoms with Crippen LogP contribution >= 0.6 is 45.2 Å². The van der Waals surface area contributed by atoms with Gasteiger partial charge in [-0.3, -0.25) is 0 Å². The van der Waals surface area contributed by atoms with E-state index in [0.29, 0.717) is 6.04 Å². The molecule has 2 unspecified atom stereocenters. The van der Waals surface area contributed by atoms with Gasteiger partial charge in [0.25, 0.3) is 0 Å². The number of alkyl halides is 1. The summed E-state index contributed by atoms with van der Waals surface area (Å²) < 4.78 is 4.39. The lowest BCUT2D eigenvalue weighted by Crippen LogP contribution is -2.37. The monoisotopic (exact) mass is 416 g/mol. The zero-order valence-corrected chi connectivity index (χ0v) is 12.9. The molecule has 0 spiro atoms. The van der Waals surface area contributed by atoms with Crippen molar-refractivity contribution in [3.63, 3.8) is 0 Å². The first-order chi connectivity index (χ1) is 6.59. The fraction of sp³-hybridized carbons (Fsp3) is 0.545. The number of pyridine rings is 1. The Morgan fingerprint density at radius 2 is 2.07 bits per heavy atom. The van der Waals surface area contributed by atoms with E-state index < -0.39 is 0 Å². The molecule has 2 atom stereocenters. The van der Waals surface area contributed by atoms with Crippen molar-refractivity contribution in [2.24, 2.45) is 0 Å². The number of hydrogen-bond acceptors (Lipinski definition) is 0. The first-order valence-electron chi connectivity index (χ1n) is 4.90. The molecule has 0 radical (unpaired) electrons. The summed E-state index contributed by atoms with van der Waals surface area (Å²) >= 11 is 4.85. The lowest BCUT2D eigenvalue weighted by atomic mass is 10.1. The van der Waals surface area contributed by atoms with Gasteiger partial charge in [-0.1, -0.05) is 29.5 Å². The smallest absolute Gasteiger partial charge is 0.182 e. The fourth-order valence-corrected chi connectivity index (χ4v) is 2.25. The molecule has 14 heavy (non-hydrogen) atoms. The summed E-state index contributed by atoms with van der Waals surface area (Å²) in [6, 6.07) is 4.86. The van der Waals surface area contributed by atoms with E-state index in [9.17, 15) is 0 Å². The standard InChI is InChI=1S/C11H16I2N/c1-9(12)5-6-10(2)14-7-3-4-11(13)8-14/h3-4,7-10H,5-6H2,1-2H3/q+1. The molecule has 1 heterocycles. The molecule has 1 nitrogen and oxygen atoms in total. The van der Waals surface area contributed by atoms with Gasteiger partial charge in [-0.15, -0.1) is 0 Å². The minimum Gasteiger partial charge on any atom is -0.202 e. The Hall–Kier alpha value is 0.610. The van der Waals surface area contributed by atoms with Gasteiger partial charge in [0.05, 0.1) is 3.57 Å². The van der Waals surface area contributed by atoms with Crippen LogP contribution in [-0.2, 0) is 0 Å². The number of aromatic nitrogens is 1. The molecule has 78 valence electrons. The van der Waals surface area contributed by atoms with Crippen molar-refractivity contribution in [3.8, 4) is 0 Å². The summed E-state index contributed by atoms with van der Waals surface area (Å²) in [5, 5.41) is 0. The summed E-state index contributed by atoms with van der Waals surface area (Å²) in [5.74, 6) is 0. The van der Waals surface area contributed by atoms with E-state index >= 15 is 0 Å². The Kier molecular flexibility index (Phi) is 5.66. The second-order valence-electron chi connectivity index (χ2n) is 3.68. The first kappa shape index (κ1) is 12.7. The summed E-state index contributed by atoms with van der Waals surface area (Å²) in [7, 11) is 0. The van der Waals surface area contributed by atoms with Crippen molar-refractivity contribution >= 4 is 45.2 Å². The minimum absolute atomic E-state index is 0.613. The maximum atomic E-state index is 2.49. The molecule has 1 aromatic heterocycles. The summed E-state index contributed by atoms with van der Waals surface area (Å²) in [6.07, 6.45) is 6.92. The molecule has 0 bridgehead atoms. The van der Waals surface area contributed by atoms with Crippen molar-refractivity contribution in [3.05, 3.63) is 28.1 Å². The van der Waals surface area contributed by atoms with Gasteiger partial charge in [0, 0.05) is 16.4 Å². The van der Waals surface area contributed by atoms with Crippen LogP contribution in [-0.4, -0.2) is 3.92 Å². The van der Waals surface area contributed by atoms with Crippen LogP contribution in [0.1, 0.15) is 32.7 Å². The fourth-order valence-electron chi connectivity index (χ4n) is 1.36. The SMILES string of the molecule is CC(I)CCC(C)[n+]1cccc(I)c1. The normalized spacial score (nSPS) is 15.1. The van der Waals surface area contributed by atoms with Crippen LogP contribution in [0.3, 0.4) is 0 Å². The molecule has 0 amide bonds.